The summed E-state index contributed by atoms with van der Waals surface area (Å²) in [6.07, 6.45) is 2.81. The van der Waals surface area contributed by atoms with Gasteiger partial charge in [0.1, 0.15) is 27.7 Å². The Hall–Kier alpha value is -3.64. The van der Waals surface area contributed by atoms with E-state index in [2.05, 4.69) is 14.9 Å². The number of alkyl halides is 3. The maximum Gasteiger partial charge on any atom is 0.573 e. The molecule has 44 heavy (non-hydrogen) atoms. The van der Waals surface area contributed by atoms with Gasteiger partial charge >= 0.3 is 12.3 Å². The van der Waals surface area contributed by atoms with Gasteiger partial charge < -0.3 is 18.7 Å². The molecule has 12 heteroatoms. The number of benzene rings is 2. The topological polar surface area (TPSA) is 96.6 Å². The number of aromatic nitrogens is 3. The number of fused-ring (bicyclic) bond motifs is 3. The number of hydrogen-bond acceptors (Lipinski definition) is 9. The van der Waals surface area contributed by atoms with Gasteiger partial charge in [-0.1, -0.05) is 23.4 Å². The summed E-state index contributed by atoms with van der Waals surface area (Å²) in [6.45, 7) is 0.214. The number of ether oxygens (including phenoxy) is 3. The first-order chi connectivity index (χ1) is 21.3. The summed E-state index contributed by atoms with van der Waals surface area (Å²) in [4.78, 5) is 21.5. The lowest BCUT2D eigenvalue weighted by atomic mass is 9.86. The van der Waals surface area contributed by atoms with E-state index >= 15 is 0 Å². The minimum atomic E-state index is -4.82. The molecule has 3 aliphatic rings. The van der Waals surface area contributed by atoms with Crippen LogP contribution >= 0.6 is 11.8 Å². The number of hydrogen-bond donors (Lipinski definition) is 0. The van der Waals surface area contributed by atoms with Crippen molar-refractivity contribution in [2.24, 2.45) is 11.8 Å². The summed E-state index contributed by atoms with van der Waals surface area (Å²) in [7, 11) is 1.35. The molecule has 2 aromatic heterocycles. The van der Waals surface area contributed by atoms with Gasteiger partial charge in [-0.25, -0.2) is 9.78 Å². The highest BCUT2D eigenvalue weighted by molar-refractivity contribution is 7.99. The van der Waals surface area contributed by atoms with Crippen LogP contribution in [0.2, 0.25) is 0 Å². The Kier molecular flexibility index (Phi) is 7.74. The molecule has 2 bridgehead atoms. The van der Waals surface area contributed by atoms with E-state index in [1.54, 1.807) is 42.2 Å². The normalized spacial score (nSPS) is 23.2. The van der Waals surface area contributed by atoms with Crippen LogP contribution in [0.3, 0.4) is 0 Å². The minimum Gasteiger partial charge on any atom is -0.465 e. The van der Waals surface area contributed by atoms with Crippen molar-refractivity contribution in [3.05, 3.63) is 65.5 Å². The van der Waals surface area contributed by atoms with Crippen LogP contribution in [0.4, 0.5) is 13.2 Å². The first kappa shape index (κ1) is 29.1. The van der Waals surface area contributed by atoms with E-state index in [1.807, 2.05) is 6.07 Å². The molecule has 0 aliphatic heterocycles. The highest BCUT2D eigenvalue weighted by Crippen LogP contribution is 2.51. The second-order valence-corrected chi connectivity index (χ2v) is 12.8. The zero-order chi connectivity index (χ0) is 30.4. The third-order valence-electron chi connectivity index (χ3n) is 8.78. The van der Waals surface area contributed by atoms with Crippen LogP contribution in [0, 0.1) is 11.8 Å². The van der Waals surface area contributed by atoms with Crippen molar-refractivity contribution in [3.8, 4) is 17.0 Å². The van der Waals surface area contributed by atoms with Crippen molar-refractivity contribution >= 4 is 28.8 Å². The molecule has 7 rings (SSSR count). The molecule has 0 unspecified atom stereocenters. The molecular weight excluding hydrogens is 595 g/mol. The van der Waals surface area contributed by atoms with Gasteiger partial charge in [-0.2, -0.15) is 0 Å². The van der Waals surface area contributed by atoms with Gasteiger partial charge in [0.15, 0.2) is 0 Å². The maximum atomic E-state index is 13.1. The smallest absolute Gasteiger partial charge is 0.465 e. The second kappa shape index (κ2) is 11.7. The lowest BCUT2D eigenvalue weighted by Crippen LogP contribution is -2.32. The van der Waals surface area contributed by atoms with E-state index < -0.39 is 12.3 Å². The highest BCUT2D eigenvalue weighted by atomic mass is 32.2. The number of esters is 1. The van der Waals surface area contributed by atoms with Gasteiger partial charge in [0.05, 0.1) is 37.1 Å². The first-order valence-corrected chi connectivity index (χ1v) is 15.6. The van der Waals surface area contributed by atoms with Crippen LogP contribution in [-0.2, 0) is 16.1 Å². The number of para-hydroxylation sites is 2. The average Bonchev–Trinajstić information content (AvgIpc) is 3.73. The van der Waals surface area contributed by atoms with Gasteiger partial charge in [-0.3, -0.25) is 4.98 Å². The lowest BCUT2D eigenvalue weighted by molar-refractivity contribution is -0.274. The van der Waals surface area contributed by atoms with Crippen molar-refractivity contribution < 1.29 is 36.7 Å². The molecule has 3 saturated carbocycles. The fourth-order valence-electron chi connectivity index (χ4n) is 6.66. The van der Waals surface area contributed by atoms with Crippen LogP contribution in [-0.4, -0.2) is 45.9 Å². The Bertz CT molecular complexity index is 1680. The molecule has 0 radical (unpaired) electrons. The molecule has 3 aliphatic carbocycles. The van der Waals surface area contributed by atoms with Crippen LogP contribution in [0.25, 0.3) is 22.3 Å². The molecule has 2 heterocycles. The predicted octanol–water partition coefficient (Wildman–Crippen LogP) is 7.71. The number of halogens is 3. The summed E-state index contributed by atoms with van der Waals surface area (Å²) < 4.78 is 60.8. The molecule has 2 aromatic carbocycles. The van der Waals surface area contributed by atoms with E-state index in [9.17, 15) is 18.0 Å². The van der Waals surface area contributed by atoms with Crippen molar-refractivity contribution in [1.82, 2.24) is 15.1 Å². The Balaban J connectivity index is 1.05. The van der Waals surface area contributed by atoms with E-state index in [0.717, 1.165) is 43.6 Å². The number of carbonyl (C=O) groups is 1. The Morgan fingerprint density at radius 2 is 1.82 bits per heavy atom. The van der Waals surface area contributed by atoms with Crippen molar-refractivity contribution in [2.75, 3.05) is 7.11 Å². The van der Waals surface area contributed by atoms with Crippen LogP contribution in [0.1, 0.15) is 66.1 Å². The number of carbonyl (C=O) groups excluding carboxylic acids is 1. The molecule has 0 amide bonds. The van der Waals surface area contributed by atoms with Gasteiger partial charge in [-0.05, 0) is 74.6 Å². The van der Waals surface area contributed by atoms with Gasteiger partial charge in [0, 0.05) is 22.3 Å². The quantitative estimate of drug-likeness (QED) is 0.173. The number of rotatable bonds is 9. The van der Waals surface area contributed by atoms with Gasteiger partial charge in [0.2, 0.25) is 0 Å². The maximum absolute atomic E-state index is 13.1. The third-order valence-corrected chi connectivity index (χ3v) is 10.3. The standard InChI is InChI=1S/C32H30F3N3O5S/c1-40-31(39)22-6-4-7-24-28(22)36-15-26(37-24)44-30-18-11-12-19(30)14-20(13-18)41-16-23-27(38-43-29(23)17-9-10-17)21-5-2-3-8-25(21)42-32(33,34)35/h2-8,15,17-20,30H,9-14,16H2,1H3/t18-,19+,20+,30-. The molecule has 0 N–H and O–H groups in total. The van der Waals surface area contributed by atoms with Crippen molar-refractivity contribution in [3.63, 3.8) is 0 Å². The van der Waals surface area contributed by atoms with Gasteiger partial charge in [0.25, 0.3) is 0 Å². The van der Waals surface area contributed by atoms with E-state index in [-0.39, 0.29) is 29.9 Å². The molecule has 0 spiro atoms. The van der Waals surface area contributed by atoms with Crippen LogP contribution < -0.4 is 4.74 Å². The van der Waals surface area contributed by atoms with E-state index in [4.69, 9.17) is 19.0 Å². The predicted molar refractivity (Wildman–Crippen MR) is 155 cm³/mol. The highest BCUT2D eigenvalue weighted by Gasteiger charge is 2.44. The number of thioether (sulfide) groups is 1. The zero-order valence-electron chi connectivity index (χ0n) is 23.9. The Morgan fingerprint density at radius 1 is 1.05 bits per heavy atom. The molecule has 4 atom stereocenters. The molecule has 0 saturated heterocycles. The summed E-state index contributed by atoms with van der Waals surface area (Å²) in [6, 6.07) is 11.3. The van der Waals surface area contributed by atoms with Gasteiger partial charge in [-0.15, -0.1) is 24.9 Å². The Morgan fingerprint density at radius 3 is 2.55 bits per heavy atom. The Labute approximate surface area is 255 Å². The van der Waals surface area contributed by atoms with E-state index in [0.29, 0.717) is 50.7 Å². The second-order valence-electron chi connectivity index (χ2n) is 11.6. The number of methoxy groups -OCH3 is 1. The van der Waals surface area contributed by atoms with Crippen molar-refractivity contribution in [1.29, 1.82) is 0 Å². The molecule has 3 fully saturated rings. The van der Waals surface area contributed by atoms with Crippen LogP contribution in [0.15, 0.2) is 58.2 Å². The minimum absolute atomic E-state index is 0.0196. The lowest BCUT2D eigenvalue weighted by Gasteiger charge is -2.34. The SMILES string of the molecule is COC(=O)c1cccc2nc(S[C@@H]3[C@@H]4CC[C@H]3C[C@@H](OCc3c(-c5ccccc5OC(F)(F)F)noc3C3CC3)C4)cnc12. The summed E-state index contributed by atoms with van der Waals surface area (Å²) in [5.41, 5.74) is 2.84. The largest absolute Gasteiger partial charge is 0.573 e. The molecule has 230 valence electrons. The summed E-state index contributed by atoms with van der Waals surface area (Å²) in [5.74, 6) is 1.02. The monoisotopic (exact) mass is 625 g/mol. The first-order valence-electron chi connectivity index (χ1n) is 14.7. The molecule has 4 aromatic rings. The van der Waals surface area contributed by atoms with Crippen LogP contribution in [0.5, 0.6) is 5.75 Å². The summed E-state index contributed by atoms with van der Waals surface area (Å²) >= 11 is 1.74. The molecule has 8 nitrogen and oxygen atoms in total. The average molecular weight is 626 g/mol. The van der Waals surface area contributed by atoms with Crippen molar-refractivity contribution in [2.45, 2.75) is 73.8 Å². The number of nitrogens with zero attached hydrogens (tertiary/aromatic N) is 3. The van der Waals surface area contributed by atoms with E-state index in [1.165, 1.54) is 19.2 Å². The molecular formula is C32H30F3N3O5S. The third kappa shape index (κ3) is 5.89. The zero-order valence-corrected chi connectivity index (χ0v) is 24.7. The summed E-state index contributed by atoms with van der Waals surface area (Å²) in [5, 5.41) is 5.40. The fraction of sp³-hybridized carbons (Fsp3) is 0.438. The fourth-order valence-corrected chi connectivity index (χ4v) is 8.08.